The predicted molar refractivity (Wildman–Crippen MR) is 108 cm³/mol. The molecule has 0 amide bonds. The number of hydrogen-bond acceptors (Lipinski definition) is 4. The van der Waals surface area contributed by atoms with Gasteiger partial charge in [-0.25, -0.2) is 9.98 Å². The molecule has 0 unspecified atom stereocenters. The van der Waals surface area contributed by atoms with Crippen LogP contribution in [0.3, 0.4) is 0 Å². The topological polar surface area (TPSA) is 52.6 Å². The molecular weight excluding hydrogens is 409 g/mol. The van der Waals surface area contributed by atoms with E-state index >= 15 is 0 Å². The highest BCUT2D eigenvalue weighted by Gasteiger charge is 2.05. The van der Waals surface area contributed by atoms with Crippen LogP contribution in [0, 0.1) is 13.8 Å². The highest BCUT2D eigenvalue weighted by Crippen LogP contribution is 2.17. The third-order valence-electron chi connectivity index (χ3n) is 3.34. The number of aliphatic imine (C=N–C) groups is 1. The minimum atomic E-state index is 0. The molecule has 0 bridgehead atoms. The highest BCUT2D eigenvalue weighted by atomic mass is 127. The van der Waals surface area contributed by atoms with Gasteiger partial charge >= 0.3 is 0 Å². The molecule has 0 aromatic carbocycles. The number of likely N-dealkylation sites (N-methyl/N-ethyl adjacent to an activating group) is 1. The van der Waals surface area contributed by atoms with Crippen molar-refractivity contribution in [3.63, 3.8) is 0 Å². The summed E-state index contributed by atoms with van der Waals surface area (Å²) in [6, 6.07) is 0. The maximum Gasteiger partial charge on any atom is 0.191 e. The van der Waals surface area contributed by atoms with Crippen LogP contribution < -0.4 is 10.6 Å². The van der Waals surface area contributed by atoms with Crippen LogP contribution in [0.1, 0.15) is 36.3 Å². The second-order valence-corrected chi connectivity index (χ2v) is 6.18. The Hall–Kier alpha value is -0.410. The van der Waals surface area contributed by atoms with Gasteiger partial charge in [-0.15, -0.1) is 35.3 Å². The van der Waals surface area contributed by atoms with Gasteiger partial charge in [-0.3, -0.25) is 0 Å². The van der Waals surface area contributed by atoms with E-state index in [9.17, 15) is 0 Å². The first-order chi connectivity index (χ1) is 10.1. The van der Waals surface area contributed by atoms with E-state index in [-0.39, 0.29) is 24.0 Å². The quantitative estimate of drug-likeness (QED) is 0.372. The van der Waals surface area contributed by atoms with Crippen molar-refractivity contribution in [1.82, 2.24) is 20.5 Å². The summed E-state index contributed by atoms with van der Waals surface area (Å²) in [6.45, 7) is 16.3. The molecule has 128 valence electrons. The number of nitrogens with zero attached hydrogens (tertiary/aromatic N) is 3. The average molecular weight is 439 g/mol. The Labute approximate surface area is 156 Å². The minimum absolute atomic E-state index is 0. The number of thiazole rings is 1. The summed E-state index contributed by atoms with van der Waals surface area (Å²) in [5, 5.41) is 7.80. The zero-order valence-electron chi connectivity index (χ0n) is 14.4. The lowest BCUT2D eigenvalue weighted by molar-refractivity contribution is 0.308. The third-order valence-corrected chi connectivity index (χ3v) is 4.40. The maximum atomic E-state index is 4.65. The number of rotatable bonds is 8. The van der Waals surface area contributed by atoms with Crippen LogP contribution in [-0.4, -0.2) is 48.6 Å². The van der Waals surface area contributed by atoms with E-state index in [0.717, 1.165) is 49.4 Å². The first-order valence-electron chi connectivity index (χ1n) is 7.78. The Bertz CT molecular complexity index is 443. The van der Waals surface area contributed by atoms with Gasteiger partial charge in [-0.2, -0.15) is 0 Å². The molecule has 0 aliphatic carbocycles. The van der Waals surface area contributed by atoms with E-state index in [4.69, 9.17) is 0 Å². The van der Waals surface area contributed by atoms with Gasteiger partial charge in [0.2, 0.25) is 0 Å². The Kier molecular flexibility index (Phi) is 11.8. The zero-order valence-corrected chi connectivity index (χ0v) is 17.5. The molecule has 1 aromatic heterocycles. The van der Waals surface area contributed by atoms with Crippen molar-refractivity contribution >= 4 is 41.3 Å². The molecule has 0 radical (unpaired) electrons. The number of aromatic nitrogens is 1. The first-order valence-corrected chi connectivity index (χ1v) is 8.59. The molecule has 0 aliphatic rings. The largest absolute Gasteiger partial charge is 0.357 e. The second-order valence-electron chi connectivity index (χ2n) is 4.89. The number of halogens is 1. The molecule has 1 rings (SSSR count). The smallest absolute Gasteiger partial charge is 0.191 e. The van der Waals surface area contributed by atoms with Crippen LogP contribution >= 0.6 is 35.3 Å². The van der Waals surface area contributed by atoms with Gasteiger partial charge in [-0.05, 0) is 33.9 Å². The second kappa shape index (κ2) is 12.1. The fourth-order valence-electron chi connectivity index (χ4n) is 2.09. The van der Waals surface area contributed by atoms with Gasteiger partial charge in [0, 0.05) is 24.5 Å². The molecule has 5 nitrogen and oxygen atoms in total. The molecule has 1 heterocycles. The van der Waals surface area contributed by atoms with Crippen molar-refractivity contribution in [3.05, 3.63) is 15.6 Å². The monoisotopic (exact) mass is 439 g/mol. The van der Waals surface area contributed by atoms with Gasteiger partial charge in [0.25, 0.3) is 0 Å². The molecule has 0 saturated carbocycles. The third kappa shape index (κ3) is 7.73. The van der Waals surface area contributed by atoms with Crippen molar-refractivity contribution < 1.29 is 0 Å². The zero-order chi connectivity index (χ0) is 15.7. The van der Waals surface area contributed by atoms with Gasteiger partial charge in [0.15, 0.2) is 5.96 Å². The van der Waals surface area contributed by atoms with E-state index in [1.807, 2.05) is 6.92 Å². The number of hydrogen-bond donors (Lipinski definition) is 2. The summed E-state index contributed by atoms with van der Waals surface area (Å²) < 4.78 is 0. The Morgan fingerprint density at radius 2 is 1.86 bits per heavy atom. The summed E-state index contributed by atoms with van der Waals surface area (Å²) in [4.78, 5) is 12.7. The number of aryl methyl sites for hydroxylation is 2. The lowest BCUT2D eigenvalue weighted by Crippen LogP contribution is -2.41. The van der Waals surface area contributed by atoms with Crippen LogP contribution in [0.2, 0.25) is 0 Å². The van der Waals surface area contributed by atoms with Crippen molar-refractivity contribution in [2.45, 2.75) is 41.2 Å². The molecular formula is C15H30IN5S. The summed E-state index contributed by atoms with van der Waals surface area (Å²) in [7, 11) is 0. The maximum absolute atomic E-state index is 4.65. The molecule has 1 aromatic rings. The van der Waals surface area contributed by atoms with Gasteiger partial charge < -0.3 is 15.5 Å². The van der Waals surface area contributed by atoms with Gasteiger partial charge in [0.05, 0.1) is 17.2 Å². The van der Waals surface area contributed by atoms with Crippen LogP contribution in [0.5, 0.6) is 0 Å². The summed E-state index contributed by atoms with van der Waals surface area (Å²) in [5.74, 6) is 0.884. The van der Waals surface area contributed by atoms with Crippen molar-refractivity contribution in [2.24, 2.45) is 4.99 Å². The van der Waals surface area contributed by atoms with Gasteiger partial charge in [0.1, 0.15) is 0 Å². The lowest BCUT2D eigenvalue weighted by atomic mass is 10.4. The molecule has 7 heteroatoms. The first kappa shape index (κ1) is 21.6. The molecule has 22 heavy (non-hydrogen) atoms. The molecule has 0 saturated heterocycles. The molecule has 2 N–H and O–H groups in total. The van der Waals surface area contributed by atoms with E-state index < -0.39 is 0 Å². The molecule has 0 fully saturated rings. The van der Waals surface area contributed by atoms with Crippen LogP contribution in [0.4, 0.5) is 0 Å². The standard InChI is InChI=1S/C15H29N5S.HI/c1-6-16-15(17-9-10-20(7-2)8-3)18-11-14-12(4)19-13(5)21-14;/h6-11H2,1-5H3,(H2,16,17,18);1H. The van der Waals surface area contributed by atoms with Crippen molar-refractivity contribution in [2.75, 3.05) is 32.7 Å². The Balaban J connectivity index is 0.00000441. The minimum Gasteiger partial charge on any atom is -0.357 e. The Morgan fingerprint density at radius 1 is 1.18 bits per heavy atom. The lowest BCUT2D eigenvalue weighted by Gasteiger charge is -2.19. The fourth-order valence-corrected chi connectivity index (χ4v) is 2.95. The van der Waals surface area contributed by atoms with Gasteiger partial charge in [-0.1, -0.05) is 13.8 Å². The fraction of sp³-hybridized carbons (Fsp3) is 0.733. The van der Waals surface area contributed by atoms with E-state index in [1.165, 1.54) is 4.88 Å². The highest BCUT2D eigenvalue weighted by molar-refractivity contribution is 14.0. The summed E-state index contributed by atoms with van der Waals surface area (Å²) in [5.41, 5.74) is 1.10. The number of nitrogens with one attached hydrogen (secondary N) is 2. The summed E-state index contributed by atoms with van der Waals surface area (Å²) in [6.07, 6.45) is 0. The van der Waals surface area contributed by atoms with Crippen LogP contribution in [0.15, 0.2) is 4.99 Å². The predicted octanol–water partition coefficient (Wildman–Crippen LogP) is 2.77. The van der Waals surface area contributed by atoms with Crippen molar-refractivity contribution in [1.29, 1.82) is 0 Å². The van der Waals surface area contributed by atoms with Crippen LogP contribution in [0.25, 0.3) is 0 Å². The van der Waals surface area contributed by atoms with E-state index in [0.29, 0.717) is 6.54 Å². The Morgan fingerprint density at radius 3 is 2.36 bits per heavy atom. The summed E-state index contributed by atoms with van der Waals surface area (Å²) >= 11 is 1.73. The molecule has 0 aliphatic heterocycles. The molecule has 0 atom stereocenters. The average Bonchev–Trinajstić information content (AvgIpc) is 2.79. The number of guanidine groups is 1. The van der Waals surface area contributed by atoms with Crippen LogP contribution in [-0.2, 0) is 6.54 Å². The van der Waals surface area contributed by atoms with E-state index in [2.05, 4.69) is 53.2 Å². The molecule has 0 spiro atoms. The van der Waals surface area contributed by atoms with E-state index in [1.54, 1.807) is 11.3 Å². The van der Waals surface area contributed by atoms with Crippen molar-refractivity contribution in [3.8, 4) is 0 Å². The SMILES string of the molecule is CCNC(=NCc1sc(C)nc1C)NCCN(CC)CC.I. The normalized spacial score (nSPS) is 11.5.